The van der Waals surface area contributed by atoms with Crippen molar-refractivity contribution in [3.63, 3.8) is 0 Å². The topological polar surface area (TPSA) is 113 Å². The summed E-state index contributed by atoms with van der Waals surface area (Å²) in [5.41, 5.74) is 0.236. The van der Waals surface area contributed by atoms with Gasteiger partial charge in [0.15, 0.2) is 0 Å². The van der Waals surface area contributed by atoms with Crippen LogP contribution in [0.3, 0.4) is 0 Å². The van der Waals surface area contributed by atoms with E-state index in [9.17, 15) is 19.5 Å². The third kappa shape index (κ3) is 5.79. The van der Waals surface area contributed by atoms with Crippen molar-refractivity contribution in [2.24, 2.45) is 16.7 Å². The number of carboxylic acids is 2. The molecule has 0 spiro atoms. The van der Waals surface area contributed by atoms with E-state index in [1.54, 1.807) is 43.3 Å². The molecule has 0 saturated heterocycles. The number of rotatable bonds is 10. The van der Waals surface area contributed by atoms with Gasteiger partial charge in [-0.2, -0.15) is 0 Å². The zero-order valence-corrected chi connectivity index (χ0v) is 22.1. The second-order valence-corrected chi connectivity index (χ2v) is 10.8. The van der Waals surface area contributed by atoms with Crippen LogP contribution < -0.4 is 10.1 Å². The predicted octanol–water partition coefficient (Wildman–Crippen LogP) is 6.45. The molecule has 9 heteroatoms. The van der Waals surface area contributed by atoms with Crippen LogP contribution in [0.1, 0.15) is 57.6 Å². The van der Waals surface area contributed by atoms with Gasteiger partial charge in [0.2, 0.25) is 5.91 Å². The third-order valence-corrected chi connectivity index (χ3v) is 8.34. The monoisotopic (exact) mass is 535 g/mol. The highest BCUT2D eigenvalue weighted by Gasteiger charge is 2.58. The van der Waals surface area contributed by atoms with Gasteiger partial charge in [-0.15, -0.1) is 0 Å². The molecule has 0 aromatic heterocycles. The van der Waals surface area contributed by atoms with Crippen molar-refractivity contribution >= 4 is 46.7 Å². The number of hydrogen-bond donors (Lipinski definition) is 3. The highest BCUT2D eigenvalue weighted by molar-refractivity contribution is 6.35. The fourth-order valence-electron chi connectivity index (χ4n) is 4.83. The fraction of sp³-hybridized carbons (Fsp3) is 0.444. The second kappa shape index (κ2) is 11.1. The molecule has 1 fully saturated rings. The number of benzene rings is 2. The minimum Gasteiger partial charge on any atom is -0.489 e. The van der Waals surface area contributed by atoms with E-state index in [1.165, 1.54) is 0 Å². The van der Waals surface area contributed by atoms with Gasteiger partial charge in [-0.1, -0.05) is 56.1 Å². The molecule has 2 atom stereocenters. The van der Waals surface area contributed by atoms with Gasteiger partial charge in [0, 0.05) is 33.8 Å². The van der Waals surface area contributed by atoms with Gasteiger partial charge >= 0.3 is 11.9 Å². The summed E-state index contributed by atoms with van der Waals surface area (Å²) in [4.78, 5) is 36.3. The van der Waals surface area contributed by atoms with Gasteiger partial charge in [-0.25, -0.2) is 0 Å². The van der Waals surface area contributed by atoms with Gasteiger partial charge in [0.1, 0.15) is 12.4 Å². The molecule has 0 unspecified atom stereocenters. The summed E-state index contributed by atoms with van der Waals surface area (Å²) in [6.45, 7) is 5.56. The summed E-state index contributed by atoms with van der Waals surface area (Å²) in [7, 11) is 0. The first-order valence-corrected chi connectivity index (χ1v) is 12.6. The summed E-state index contributed by atoms with van der Waals surface area (Å²) in [5.74, 6) is -2.22. The molecule has 2 aromatic rings. The standard InChI is InChI=1S/C27H31Cl2NO6/c1-26(2)19(24(33)34)12-13-27(26,3)25(35)30-22-14-17(11-10-16(22)6-4-9-23(31)32)36-15-18-20(28)7-5-8-21(18)29/h5,7-8,10-11,14,19H,4,6,9,12-13,15H2,1-3H3,(H,30,35)(H,31,32)(H,33,34)/t19-,27+/m0/s1. The molecule has 0 aliphatic heterocycles. The van der Waals surface area contributed by atoms with Crippen molar-refractivity contribution in [1.82, 2.24) is 0 Å². The summed E-state index contributed by atoms with van der Waals surface area (Å²) in [5, 5.41) is 22.6. The van der Waals surface area contributed by atoms with Crippen LogP contribution >= 0.6 is 23.2 Å². The van der Waals surface area contributed by atoms with E-state index in [0.29, 0.717) is 52.7 Å². The second-order valence-electron chi connectivity index (χ2n) is 9.99. The maximum absolute atomic E-state index is 13.6. The lowest BCUT2D eigenvalue weighted by atomic mass is 9.65. The molecule has 0 heterocycles. The molecule has 3 rings (SSSR count). The largest absolute Gasteiger partial charge is 0.489 e. The van der Waals surface area contributed by atoms with Gasteiger partial charge < -0.3 is 20.3 Å². The highest BCUT2D eigenvalue weighted by Crippen LogP contribution is 2.56. The molecule has 3 N–H and O–H groups in total. The molecule has 1 amide bonds. The first kappa shape index (κ1) is 27.8. The maximum atomic E-state index is 13.6. The van der Waals surface area contributed by atoms with Crippen LogP contribution in [0.25, 0.3) is 0 Å². The molecular formula is C27H31Cl2NO6. The number of carboxylic acid groups (broad SMARTS) is 2. The van der Waals surface area contributed by atoms with E-state index < -0.39 is 28.7 Å². The molecule has 1 aliphatic carbocycles. The average Bonchev–Trinajstić information content (AvgIpc) is 3.04. The number of carbonyl (C=O) groups excluding carboxylic acids is 1. The Morgan fingerprint density at radius 3 is 2.33 bits per heavy atom. The number of anilines is 1. The number of hydrogen-bond acceptors (Lipinski definition) is 4. The smallest absolute Gasteiger partial charge is 0.307 e. The number of ether oxygens (including phenoxy) is 1. The van der Waals surface area contributed by atoms with Crippen molar-refractivity contribution in [3.05, 3.63) is 57.6 Å². The van der Waals surface area contributed by atoms with E-state index in [-0.39, 0.29) is 18.9 Å². The van der Waals surface area contributed by atoms with Crippen molar-refractivity contribution in [2.75, 3.05) is 5.32 Å². The lowest BCUT2D eigenvalue weighted by Gasteiger charge is -2.39. The Hall–Kier alpha value is -2.77. The molecular weight excluding hydrogens is 505 g/mol. The van der Waals surface area contributed by atoms with Crippen LogP contribution in [0.15, 0.2) is 36.4 Å². The van der Waals surface area contributed by atoms with Gasteiger partial charge in [0.05, 0.1) is 11.3 Å². The SMILES string of the molecule is CC1(C)[C@H](C(=O)O)CC[C@]1(C)C(=O)Nc1cc(OCc2c(Cl)cccc2Cl)ccc1CCCC(=O)O. The van der Waals surface area contributed by atoms with Crippen molar-refractivity contribution in [3.8, 4) is 5.75 Å². The minimum atomic E-state index is -0.906. The fourth-order valence-corrected chi connectivity index (χ4v) is 5.34. The molecule has 2 aromatic carbocycles. The summed E-state index contributed by atoms with van der Waals surface area (Å²) in [6, 6.07) is 10.4. The molecule has 7 nitrogen and oxygen atoms in total. The van der Waals surface area contributed by atoms with Gasteiger partial charge in [-0.3, -0.25) is 14.4 Å². The minimum absolute atomic E-state index is 0.00167. The van der Waals surface area contributed by atoms with Crippen molar-refractivity contribution in [2.45, 2.75) is 59.5 Å². The van der Waals surface area contributed by atoms with E-state index in [1.807, 2.05) is 13.8 Å². The number of aliphatic carboxylic acids is 2. The van der Waals surface area contributed by atoms with Crippen LogP contribution in [-0.2, 0) is 27.4 Å². The lowest BCUT2D eigenvalue weighted by molar-refractivity contribution is -0.147. The Kier molecular flexibility index (Phi) is 8.57. The Bertz CT molecular complexity index is 1140. The molecule has 1 saturated carbocycles. The number of halogens is 2. The molecule has 194 valence electrons. The quantitative estimate of drug-likeness (QED) is 0.322. The first-order chi connectivity index (χ1) is 16.9. The highest BCUT2D eigenvalue weighted by atomic mass is 35.5. The van der Waals surface area contributed by atoms with Crippen LogP contribution in [-0.4, -0.2) is 28.1 Å². The number of carbonyl (C=O) groups is 3. The zero-order chi connectivity index (χ0) is 26.7. The maximum Gasteiger partial charge on any atom is 0.307 e. The molecule has 0 bridgehead atoms. The number of aryl methyl sites for hydroxylation is 1. The van der Waals surface area contributed by atoms with Crippen LogP contribution in [0.5, 0.6) is 5.75 Å². The van der Waals surface area contributed by atoms with E-state index in [2.05, 4.69) is 5.32 Å². The predicted molar refractivity (Wildman–Crippen MR) is 139 cm³/mol. The van der Waals surface area contributed by atoms with E-state index in [0.717, 1.165) is 5.56 Å². The molecule has 36 heavy (non-hydrogen) atoms. The third-order valence-electron chi connectivity index (χ3n) is 7.64. The number of nitrogens with one attached hydrogen (secondary N) is 1. The Morgan fingerprint density at radius 2 is 1.75 bits per heavy atom. The number of amides is 1. The first-order valence-electron chi connectivity index (χ1n) is 11.8. The van der Waals surface area contributed by atoms with Crippen LogP contribution in [0.2, 0.25) is 10.0 Å². The summed E-state index contributed by atoms with van der Waals surface area (Å²) < 4.78 is 5.92. The Balaban J connectivity index is 1.86. The van der Waals surface area contributed by atoms with Gasteiger partial charge in [0.25, 0.3) is 0 Å². The van der Waals surface area contributed by atoms with Crippen LogP contribution in [0, 0.1) is 16.7 Å². The normalized spacial score (nSPS) is 20.6. The Morgan fingerprint density at radius 1 is 1.08 bits per heavy atom. The summed E-state index contributed by atoms with van der Waals surface area (Å²) >= 11 is 12.5. The lowest BCUT2D eigenvalue weighted by Crippen LogP contribution is -2.45. The van der Waals surface area contributed by atoms with Crippen molar-refractivity contribution < 1.29 is 29.3 Å². The van der Waals surface area contributed by atoms with Gasteiger partial charge in [-0.05, 0) is 54.9 Å². The van der Waals surface area contributed by atoms with Crippen LogP contribution in [0.4, 0.5) is 5.69 Å². The zero-order valence-electron chi connectivity index (χ0n) is 20.6. The van der Waals surface area contributed by atoms with E-state index in [4.69, 9.17) is 33.0 Å². The summed E-state index contributed by atoms with van der Waals surface area (Å²) in [6.07, 6.45) is 1.70. The Labute approximate surface area is 220 Å². The van der Waals surface area contributed by atoms with Crippen molar-refractivity contribution in [1.29, 1.82) is 0 Å². The van der Waals surface area contributed by atoms with E-state index >= 15 is 0 Å². The molecule has 0 radical (unpaired) electrons. The average molecular weight is 536 g/mol. The molecule has 1 aliphatic rings.